The minimum absolute atomic E-state index is 0.508. The van der Waals surface area contributed by atoms with Crippen molar-refractivity contribution in [1.82, 2.24) is 5.48 Å². The van der Waals surface area contributed by atoms with Crippen molar-refractivity contribution in [2.75, 3.05) is 0 Å². The number of hydroxylamine groups is 1. The molecule has 1 N–H and O–H groups in total. The molecule has 0 saturated heterocycles. The molecule has 0 heterocycles. The van der Waals surface area contributed by atoms with E-state index in [1.165, 1.54) is 57.8 Å². The molecule has 0 aromatic rings. The zero-order valence-electron chi connectivity index (χ0n) is 10.0. The average Bonchev–Trinajstić information content (AvgIpc) is 2.80. The Morgan fingerprint density at radius 3 is 2.27 bits per heavy atom. The molecule has 0 aromatic carbocycles. The molecule has 2 aliphatic carbocycles. The highest BCUT2D eigenvalue weighted by Gasteiger charge is 2.22. The maximum absolute atomic E-state index is 5.76. The van der Waals surface area contributed by atoms with Gasteiger partial charge in [0.1, 0.15) is 0 Å². The van der Waals surface area contributed by atoms with Gasteiger partial charge in [0.15, 0.2) is 0 Å². The predicted octanol–water partition coefficient (Wildman–Crippen LogP) is 3.42. The van der Waals surface area contributed by atoms with E-state index in [1.54, 1.807) is 0 Å². The summed E-state index contributed by atoms with van der Waals surface area (Å²) in [5, 5.41) is 0. The monoisotopic (exact) mass is 211 g/mol. The summed E-state index contributed by atoms with van der Waals surface area (Å²) in [5.41, 5.74) is 3.31. The van der Waals surface area contributed by atoms with Gasteiger partial charge in [-0.15, -0.1) is 0 Å². The Kier molecular flexibility index (Phi) is 4.45. The molecule has 15 heavy (non-hydrogen) atoms. The molecular formula is C13H25NO. The van der Waals surface area contributed by atoms with E-state index < -0.39 is 0 Å². The molecule has 2 nitrogen and oxygen atoms in total. The summed E-state index contributed by atoms with van der Waals surface area (Å²) >= 11 is 0. The summed E-state index contributed by atoms with van der Waals surface area (Å²) in [6.45, 7) is 2.31. The van der Waals surface area contributed by atoms with Gasteiger partial charge < -0.3 is 0 Å². The summed E-state index contributed by atoms with van der Waals surface area (Å²) < 4.78 is 0. The largest absolute Gasteiger partial charge is 0.298 e. The summed E-state index contributed by atoms with van der Waals surface area (Å²) in [5.74, 6) is 0.981. The molecule has 0 radical (unpaired) electrons. The lowest BCUT2D eigenvalue weighted by atomic mass is 9.85. The number of nitrogens with one attached hydrogen (secondary N) is 1. The second kappa shape index (κ2) is 5.86. The third kappa shape index (κ3) is 3.46. The maximum atomic E-state index is 5.76. The van der Waals surface area contributed by atoms with Crippen LogP contribution in [-0.4, -0.2) is 12.1 Å². The first-order valence-electron chi connectivity index (χ1n) is 6.79. The van der Waals surface area contributed by atoms with Crippen molar-refractivity contribution in [1.29, 1.82) is 0 Å². The Morgan fingerprint density at radius 2 is 1.67 bits per heavy atom. The lowest BCUT2D eigenvalue weighted by Gasteiger charge is -2.29. The van der Waals surface area contributed by atoms with Gasteiger partial charge in [-0.1, -0.05) is 26.2 Å². The summed E-state index contributed by atoms with van der Waals surface area (Å²) in [6, 6.07) is 0.633. The number of rotatable bonds is 4. The van der Waals surface area contributed by atoms with Crippen LogP contribution in [0.4, 0.5) is 0 Å². The molecule has 0 aliphatic heterocycles. The third-order valence-electron chi connectivity index (χ3n) is 4.13. The van der Waals surface area contributed by atoms with Crippen molar-refractivity contribution in [3.63, 3.8) is 0 Å². The number of hydrogen-bond acceptors (Lipinski definition) is 2. The summed E-state index contributed by atoms with van der Waals surface area (Å²) in [6.07, 6.45) is 12.5. The second-order valence-electron chi connectivity index (χ2n) is 5.27. The molecule has 0 unspecified atom stereocenters. The molecule has 2 aliphatic rings. The van der Waals surface area contributed by atoms with E-state index in [4.69, 9.17) is 4.84 Å². The third-order valence-corrected chi connectivity index (χ3v) is 4.13. The van der Waals surface area contributed by atoms with Crippen molar-refractivity contribution < 1.29 is 4.84 Å². The van der Waals surface area contributed by atoms with Crippen molar-refractivity contribution in [2.24, 2.45) is 5.92 Å². The Bertz CT molecular complexity index is 169. The minimum Gasteiger partial charge on any atom is -0.298 e. The smallest absolute Gasteiger partial charge is 0.0790 e. The minimum atomic E-state index is 0.508. The van der Waals surface area contributed by atoms with Crippen LogP contribution in [0.3, 0.4) is 0 Å². The Balaban J connectivity index is 1.59. The Morgan fingerprint density at radius 1 is 1.00 bits per heavy atom. The Labute approximate surface area is 93.7 Å². The highest BCUT2D eigenvalue weighted by Crippen LogP contribution is 2.27. The van der Waals surface area contributed by atoms with Gasteiger partial charge in [0.05, 0.1) is 6.10 Å². The normalized spacial score (nSPS) is 33.4. The highest BCUT2D eigenvalue weighted by molar-refractivity contribution is 4.75. The molecular weight excluding hydrogens is 186 g/mol. The standard InChI is InChI=1S/C13H25NO/c1-2-11-7-9-12(10-8-11)14-15-13-5-3-4-6-13/h11-14H,2-10H2,1H3. The SMILES string of the molecule is CCC1CCC(NOC2CCCC2)CC1. The van der Waals surface area contributed by atoms with Gasteiger partial charge in [-0.25, -0.2) is 0 Å². The first-order valence-corrected chi connectivity index (χ1v) is 6.79. The van der Waals surface area contributed by atoms with E-state index >= 15 is 0 Å². The van der Waals surface area contributed by atoms with E-state index in [0.29, 0.717) is 12.1 Å². The first-order chi connectivity index (χ1) is 7.38. The molecule has 0 atom stereocenters. The molecule has 2 saturated carbocycles. The fourth-order valence-electron chi connectivity index (χ4n) is 2.89. The van der Waals surface area contributed by atoms with E-state index in [0.717, 1.165) is 5.92 Å². The second-order valence-corrected chi connectivity index (χ2v) is 5.27. The van der Waals surface area contributed by atoms with E-state index in [-0.39, 0.29) is 0 Å². The predicted molar refractivity (Wildman–Crippen MR) is 62.5 cm³/mol. The highest BCUT2D eigenvalue weighted by atomic mass is 16.7. The Hall–Kier alpha value is -0.0800. The maximum Gasteiger partial charge on any atom is 0.0790 e. The zero-order valence-corrected chi connectivity index (χ0v) is 10.0. The zero-order chi connectivity index (χ0) is 10.5. The van der Waals surface area contributed by atoms with Crippen LogP contribution in [0.1, 0.15) is 64.7 Å². The van der Waals surface area contributed by atoms with Crippen LogP contribution >= 0.6 is 0 Å². The van der Waals surface area contributed by atoms with E-state index in [1.807, 2.05) is 0 Å². The summed E-state index contributed by atoms with van der Waals surface area (Å²) in [4.78, 5) is 5.76. The van der Waals surface area contributed by atoms with Gasteiger partial charge in [-0.3, -0.25) is 4.84 Å². The van der Waals surface area contributed by atoms with Crippen LogP contribution in [-0.2, 0) is 4.84 Å². The van der Waals surface area contributed by atoms with Crippen molar-refractivity contribution in [2.45, 2.75) is 76.9 Å². The molecule has 2 fully saturated rings. The van der Waals surface area contributed by atoms with Crippen LogP contribution in [0, 0.1) is 5.92 Å². The van der Waals surface area contributed by atoms with Crippen LogP contribution in [0.5, 0.6) is 0 Å². The fourth-order valence-corrected chi connectivity index (χ4v) is 2.89. The lowest BCUT2D eigenvalue weighted by molar-refractivity contribution is -0.0483. The molecule has 88 valence electrons. The lowest BCUT2D eigenvalue weighted by Crippen LogP contribution is -2.35. The van der Waals surface area contributed by atoms with Crippen molar-refractivity contribution in [3.05, 3.63) is 0 Å². The first kappa shape index (κ1) is 11.4. The molecule has 0 amide bonds. The van der Waals surface area contributed by atoms with Crippen LogP contribution in [0.25, 0.3) is 0 Å². The number of hydrogen-bond donors (Lipinski definition) is 1. The van der Waals surface area contributed by atoms with Gasteiger partial charge in [-0.05, 0) is 44.4 Å². The topological polar surface area (TPSA) is 21.3 Å². The van der Waals surface area contributed by atoms with Gasteiger partial charge in [0.25, 0.3) is 0 Å². The molecule has 0 spiro atoms. The van der Waals surface area contributed by atoms with Crippen molar-refractivity contribution >= 4 is 0 Å². The van der Waals surface area contributed by atoms with Crippen LogP contribution < -0.4 is 5.48 Å². The molecule has 2 heteroatoms. The van der Waals surface area contributed by atoms with Crippen LogP contribution in [0.2, 0.25) is 0 Å². The molecule has 2 rings (SSSR count). The summed E-state index contributed by atoms with van der Waals surface area (Å²) in [7, 11) is 0. The van der Waals surface area contributed by atoms with E-state index in [2.05, 4.69) is 12.4 Å². The van der Waals surface area contributed by atoms with Crippen molar-refractivity contribution in [3.8, 4) is 0 Å². The molecule has 0 bridgehead atoms. The van der Waals surface area contributed by atoms with Gasteiger partial charge in [0.2, 0.25) is 0 Å². The molecule has 0 aromatic heterocycles. The van der Waals surface area contributed by atoms with Gasteiger partial charge in [-0.2, -0.15) is 5.48 Å². The van der Waals surface area contributed by atoms with Gasteiger partial charge in [0, 0.05) is 6.04 Å². The quantitative estimate of drug-likeness (QED) is 0.719. The van der Waals surface area contributed by atoms with Gasteiger partial charge >= 0.3 is 0 Å². The average molecular weight is 211 g/mol. The fraction of sp³-hybridized carbons (Fsp3) is 1.00. The van der Waals surface area contributed by atoms with Crippen LogP contribution in [0.15, 0.2) is 0 Å². The van der Waals surface area contributed by atoms with E-state index in [9.17, 15) is 0 Å².